The average Bonchev–Trinajstić information content (AvgIpc) is 3.02. The van der Waals surface area contributed by atoms with Gasteiger partial charge in [0.15, 0.2) is 0 Å². The van der Waals surface area contributed by atoms with Gasteiger partial charge in [0.2, 0.25) is 0 Å². The van der Waals surface area contributed by atoms with E-state index in [0.717, 1.165) is 70.1 Å². The number of aliphatic hydroxyl groups excluding tert-OH is 2. The predicted octanol–water partition coefficient (Wildman–Crippen LogP) is 9.89. The van der Waals surface area contributed by atoms with E-state index in [0.29, 0.717) is 19.3 Å². The number of allylic oxidation sites excluding steroid dienone is 7. The molecule has 0 rings (SSSR count). The maximum atomic E-state index is 11.9. The number of carbonyl (C=O) groups excluding carboxylic acids is 2. The van der Waals surface area contributed by atoms with Crippen molar-refractivity contribution >= 4 is 11.9 Å². The minimum atomic E-state index is -0.996. The van der Waals surface area contributed by atoms with Crippen LogP contribution in [-0.4, -0.2) is 47.6 Å². The third-order valence-electron chi connectivity index (χ3n) is 7.57. The Morgan fingerprint density at radius 3 is 1.58 bits per heavy atom. The topological polar surface area (TPSA) is 93.1 Å². The first-order valence-corrected chi connectivity index (χ1v) is 18.1. The van der Waals surface area contributed by atoms with Crippen LogP contribution in [0.1, 0.15) is 156 Å². The van der Waals surface area contributed by atoms with Gasteiger partial charge in [-0.1, -0.05) is 146 Å². The Labute approximate surface area is 276 Å². The van der Waals surface area contributed by atoms with Crippen molar-refractivity contribution in [3.05, 3.63) is 48.6 Å². The number of rotatable bonds is 31. The van der Waals surface area contributed by atoms with Gasteiger partial charge in [-0.25, -0.2) is 0 Å². The standard InChI is InChI=1S/C39H68O6/c1-4-5-29-36(40)30-25-21-17-13-8-6-7-9-14-18-22-26-31-38(42)44-33-37(41)34-45-39(43)32-27-23-19-15-11-10-12-16-20-24-28-35(2)3/h6-7,13-14,17-18,25,30,35-37,40-41H,4-5,8-12,15-16,19-24,26-29,31-34H2,1-3H3/b7-6-,17-13-,18-14-,30-25-/t36-,37-/m0/s1. The maximum absolute atomic E-state index is 11.9. The van der Waals surface area contributed by atoms with Crippen LogP contribution < -0.4 is 0 Å². The van der Waals surface area contributed by atoms with Crippen molar-refractivity contribution in [1.82, 2.24) is 0 Å². The van der Waals surface area contributed by atoms with Crippen LogP contribution in [-0.2, 0) is 19.1 Å². The second-order valence-corrected chi connectivity index (χ2v) is 12.6. The summed E-state index contributed by atoms with van der Waals surface area (Å²) in [4.78, 5) is 23.8. The van der Waals surface area contributed by atoms with E-state index in [1.54, 1.807) is 0 Å². The fourth-order valence-electron chi connectivity index (χ4n) is 4.75. The Morgan fingerprint density at radius 2 is 1.04 bits per heavy atom. The summed E-state index contributed by atoms with van der Waals surface area (Å²) >= 11 is 0. The molecular weight excluding hydrogens is 564 g/mol. The molecule has 6 nitrogen and oxygen atoms in total. The molecule has 2 atom stereocenters. The van der Waals surface area contributed by atoms with Crippen LogP contribution in [0.3, 0.4) is 0 Å². The van der Waals surface area contributed by atoms with E-state index in [9.17, 15) is 19.8 Å². The molecule has 0 fully saturated rings. The van der Waals surface area contributed by atoms with Crippen molar-refractivity contribution in [1.29, 1.82) is 0 Å². The number of hydrogen-bond donors (Lipinski definition) is 2. The van der Waals surface area contributed by atoms with Crippen LogP contribution in [0.5, 0.6) is 0 Å². The number of carbonyl (C=O) groups is 2. The predicted molar refractivity (Wildman–Crippen MR) is 188 cm³/mol. The summed E-state index contributed by atoms with van der Waals surface area (Å²) in [5.41, 5.74) is 0. The monoisotopic (exact) mass is 633 g/mol. The van der Waals surface area contributed by atoms with Crippen molar-refractivity contribution in [3.63, 3.8) is 0 Å². The molecule has 0 aromatic carbocycles. The van der Waals surface area contributed by atoms with E-state index in [1.165, 1.54) is 51.4 Å². The zero-order valence-electron chi connectivity index (χ0n) is 29.1. The summed E-state index contributed by atoms with van der Waals surface area (Å²) in [7, 11) is 0. The van der Waals surface area contributed by atoms with Crippen molar-refractivity contribution in [3.8, 4) is 0 Å². The molecule has 0 aromatic heterocycles. The Bertz CT molecular complexity index is 797. The van der Waals surface area contributed by atoms with Gasteiger partial charge in [-0.05, 0) is 50.9 Å². The molecule has 0 amide bonds. The molecule has 45 heavy (non-hydrogen) atoms. The first-order valence-electron chi connectivity index (χ1n) is 18.1. The van der Waals surface area contributed by atoms with Gasteiger partial charge in [-0.3, -0.25) is 9.59 Å². The van der Waals surface area contributed by atoms with Gasteiger partial charge in [-0.15, -0.1) is 0 Å². The summed E-state index contributed by atoms with van der Waals surface area (Å²) in [6, 6.07) is 0. The highest BCUT2D eigenvalue weighted by molar-refractivity contribution is 5.69. The zero-order chi connectivity index (χ0) is 33.2. The summed E-state index contributed by atoms with van der Waals surface area (Å²) in [6.45, 7) is 6.41. The van der Waals surface area contributed by atoms with Crippen LogP contribution in [0, 0.1) is 5.92 Å². The Morgan fingerprint density at radius 1 is 0.578 bits per heavy atom. The highest BCUT2D eigenvalue weighted by Gasteiger charge is 2.12. The minimum Gasteiger partial charge on any atom is -0.463 e. The van der Waals surface area contributed by atoms with Gasteiger partial charge >= 0.3 is 11.9 Å². The van der Waals surface area contributed by atoms with Crippen LogP contribution in [0.15, 0.2) is 48.6 Å². The van der Waals surface area contributed by atoms with Gasteiger partial charge in [0.25, 0.3) is 0 Å². The third kappa shape index (κ3) is 34.5. The Hall–Kier alpha value is -2.18. The molecule has 0 saturated heterocycles. The third-order valence-corrected chi connectivity index (χ3v) is 7.57. The summed E-state index contributed by atoms with van der Waals surface area (Å²) < 4.78 is 10.2. The largest absolute Gasteiger partial charge is 0.463 e. The first-order chi connectivity index (χ1) is 21.8. The lowest BCUT2D eigenvalue weighted by Gasteiger charge is -2.12. The number of esters is 2. The van der Waals surface area contributed by atoms with E-state index in [1.807, 2.05) is 12.2 Å². The van der Waals surface area contributed by atoms with Crippen molar-refractivity contribution in [2.45, 2.75) is 168 Å². The molecule has 6 heteroatoms. The normalized spacial score (nSPS) is 13.6. The van der Waals surface area contributed by atoms with E-state index >= 15 is 0 Å². The summed E-state index contributed by atoms with van der Waals surface area (Å²) in [6.07, 6.45) is 36.5. The molecule has 0 aromatic rings. The molecule has 0 radical (unpaired) electrons. The fourth-order valence-corrected chi connectivity index (χ4v) is 4.75. The van der Waals surface area contributed by atoms with Gasteiger partial charge in [0, 0.05) is 12.8 Å². The van der Waals surface area contributed by atoms with Gasteiger partial charge in [-0.2, -0.15) is 0 Å². The molecule has 2 N–H and O–H groups in total. The molecule has 0 aliphatic rings. The van der Waals surface area contributed by atoms with Crippen molar-refractivity contribution in [2.75, 3.05) is 13.2 Å². The molecule has 0 aliphatic carbocycles. The minimum absolute atomic E-state index is 0.143. The van der Waals surface area contributed by atoms with Gasteiger partial charge < -0.3 is 19.7 Å². The van der Waals surface area contributed by atoms with Gasteiger partial charge in [0.1, 0.15) is 19.3 Å². The van der Waals surface area contributed by atoms with Gasteiger partial charge in [0.05, 0.1) is 6.10 Å². The number of ether oxygens (including phenoxy) is 2. The molecule has 0 saturated carbocycles. The maximum Gasteiger partial charge on any atom is 0.305 e. The Balaban J connectivity index is 3.60. The summed E-state index contributed by atoms with van der Waals surface area (Å²) in [5.74, 6) is 0.167. The number of aliphatic hydroxyl groups is 2. The smallest absolute Gasteiger partial charge is 0.305 e. The SMILES string of the molecule is CCCC[C@H](O)/C=C\C/C=C\C/C=C\C/C=C\CCCC(=O)OC[C@H](O)COC(=O)CCCCCCCCCCCCC(C)C. The van der Waals surface area contributed by atoms with Crippen molar-refractivity contribution < 1.29 is 29.3 Å². The summed E-state index contributed by atoms with van der Waals surface area (Å²) in [5, 5.41) is 19.7. The average molecular weight is 633 g/mol. The second-order valence-electron chi connectivity index (χ2n) is 12.6. The molecule has 0 heterocycles. The molecular formula is C39H68O6. The zero-order valence-corrected chi connectivity index (χ0v) is 29.1. The van der Waals surface area contributed by atoms with Crippen molar-refractivity contribution in [2.24, 2.45) is 5.92 Å². The van der Waals surface area contributed by atoms with Crippen LogP contribution >= 0.6 is 0 Å². The van der Waals surface area contributed by atoms with E-state index < -0.39 is 6.10 Å². The molecule has 260 valence electrons. The quantitative estimate of drug-likeness (QED) is 0.0449. The lowest BCUT2D eigenvalue weighted by molar-refractivity contribution is -0.152. The Kier molecular flexibility index (Phi) is 31.6. The molecule has 0 aliphatic heterocycles. The number of hydrogen-bond acceptors (Lipinski definition) is 6. The van der Waals surface area contributed by atoms with E-state index in [4.69, 9.17) is 9.47 Å². The highest BCUT2D eigenvalue weighted by Crippen LogP contribution is 2.14. The first kappa shape index (κ1) is 42.8. The van der Waals surface area contributed by atoms with Crippen LogP contribution in [0.25, 0.3) is 0 Å². The molecule has 0 bridgehead atoms. The second kappa shape index (κ2) is 33.2. The van der Waals surface area contributed by atoms with Crippen LogP contribution in [0.4, 0.5) is 0 Å². The van der Waals surface area contributed by atoms with E-state index in [2.05, 4.69) is 57.2 Å². The molecule has 0 spiro atoms. The lowest BCUT2D eigenvalue weighted by atomic mass is 10.0. The van der Waals surface area contributed by atoms with E-state index in [-0.39, 0.29) is 31.3 Å². The lowest BCUT2D eigenvalue weighted by Crippen LogP contribution is -2.25. The highest BCUT2D eigenvalue weighted by atomic mass is 16.6. The number of unbranched alkanes of at least 4 members (excludes halogenated alkanes) is 11. The van der Waals surface area contributed by atoms with Crippen LogP contribution in [0.2, 0.25) is 0 Å². The molecule has 0 unspecified atom stereocenters. The fraction of sp³-hybridized carbons (Fsp3) is 0.744.